The molecule has 2 bridgehead atoms. The summed E-state index contributed by atoms with van der Waals surface area (Å²) in [7, 11) is 0. The highest BCUT2D eigenvalue weighted by atomic mass is 16.6. The van der Waals surface area contributed by atoms with Crippen LogP contribution < -0.4 is 20.7 Å². The molecule has 2 heterocycles. The smallest absolute Gasteiger partial charge is 0.407 e. The van der Waals surface area contributed by atoms with Crippen LogP contribution in [0.25, 0.3) is 5.57 Å². The number of amides is 3. The Labute approximate surface area is 218 Å². The van der Waals surface area contributed by atoms with Crippen molar-refractivity contribution in [2.24, 2.45) is 4.99 Å². The molecule has 3 amide bonds. The molecule has 0 spiro atoms. The number of alkyl carbamates (subject to hydrolysis) is 1. The fraction of sp³-hybridized carbons (Fsp3) is 0.481. The zero-order valence-corrected chi connectivity index (χ0v) is 21.8. The lowest BCUT2D eigenvalue weighted by Crippen LogP contribution is -2.45. The van der Waals surface area contributed by atoms with E-state index in [1.165, 1.54) is 0 Å². The van der Waals surface area contributed by atoms with Gasteiger partial charge in [-0.05, 0) is 50.5 Å². The van der Waals surface area contributed by atoms with Crippen LogP contribution >= 0.6 is 0 Å². The normalized spacial score (nSPS) is 23.2. The van der Waals surface area contributed by atoms with Crippen LogP contribution in [0.1, 0.15) is 39.2 Å². The van der Waals surface area contributed by atoms with Gasteiger partial charge in [0.2, 0.25) is 11.8 Å². The summed E-state index contributed by atoms with van der Waals surface area (Å²) in [6.07, 6.45) is 5.05. The maximum Gasteiger partial charge on any atom is 0.407 e. The molecule has 1 saturated heterocycles. The quantitative estimate of drug-likeness (QED) is 0.560. The number of benzene rings is 1. The zero-order valence-electron chi connectivity index (χ0n) is 21.8. The number of ether oxygens (including phenoxy) is 2. The Hall–Kier alpha value is -3.66. The van der Waals surface area contributed by atoms with Crippen molar-refractivity contribution in [2.45, 2.75) is 51.3 Å². The van der Waals surface area contributed by atoms with Gasteiger partial charge in [-0.25, -0.2) is 4.79 Å². The number of fused-ring (bicyclic) bond motifs is 3. The van der Waals surface area contributed by atoms with Gasteiger partial charge in [0.05, 0.1) is 25.0 Å². The maximum atomic E-state index is 13.1. The molecule has 1 aromatic carbocycles. The third-order valence-corrected chi connectivity index (χ3v) is 5.78. The molecule has 200 valence electrons. The largest absolute Gasteiger partial charge is 0.491 e. The second-order valence-corrected chi connectivity index (χ2v) is 9.97. The summed E-state index contributed by atoms with van der Waals surface area (Å²) in [5.74, 6) is 0.374. The molecule has 2 aliphatic heterocycles. The highest BCUT2D eigenvalue weighted by molar-refractivity contribution is 5.90. The van der Waals surface area contributed by atoms with Gasteiger partial charge >= 0.3 is 6.09 Å². The lowest BCUT2D eigenvalue weighted by molar-refractivity contribution is -0.131. The number of carbonyl (C=O) groups is 3. The van der Waals surface area contributed by atoms with E-state index in [0.29, 0.717) is 31.8 Å². The minimum atomic E-state index is -0.615. The third-order valence-electron chi connectivity index (χ3n) is 5.78. The molecular formula is C27H37N5O5. The third kappa shape index (κ3) is 9.05. The highest BCUT2D eigenvalue weighted by Gasteiger charge is 2.37. The Bertz CT molecular complexity index is 1050. The maximum absolute atomic E-state index is 13.1. The van der Waals surface area contributed by atoms with Gasteiger partial charge in [0.15, 0.2) is 0 Å². The van der Waals surface area contributed by atoms with Gasteiger partial charge in [0.25, 0.3) is 0 Å². The highest BCUT2D eigenvalue weighted by Crippen LogP contribution is 2.24. The molecule has 0 unspecified atom stereocenters. The molecule has 0 aromatic heterocycles. The van der Waals surface area contributed by atoms with E-state index in [9.17, 15) is 14.4 Å². The summed E-state index contributed by atoms with van der Waals surface area (Å²) >= 11 is 0. The Morgan fingerprint density at radius 2 is 2.11 bits per heavy atom. The van der Waals surface area contributed by atoms with E-state index in [1.807, 2.05) is 24.3 Å². The molecule has 3 rings (SSSR count). The van der Waals surface area contributed by atoms with Crippen LogP contribution in [0.4, 0.5) is 4.79 Å². The van der Waals surface area contributed by atoms with E-state index < -0.39 is 11.7 Å². The Balaban J connectivity index is 1.78. The van der Waals surface area contributed by atoms with Gasteiger partial charge in [-0.2, -0.15) is 0 Å². The van der Waals surface area contributed by atoms with E-state index >= 15 is 0 Å². The summed E-state index contributed by atoms with van der Waals surface area (Å²) in [6, 6.07) is 7.02. The fourth-order valence-electron chi connectivity index (χ4n) is 4.09. The average Bonchev–Trinajstić information content (AvgIpc) is 3.23. The van der Waals surface area contributed by atoms with Crippen LogP contribution in [-0.4, -0.2) is 79.5 Å². The number of allylic oxidation sites excluding steroid dienone is 2. The van der Waals surface area contributed by atoms with Crippen LogP contribution in [0.3, 0.4) is 0 Å². The molecule has 0 aliphatic carbocycles. The average molecular weight is 512 g/mol. The van der Waals surface area contributed by atoms with Crippen LogP contribution in [0.5, 0.6) is 5.75 Å². The van der Waals surface area contributed by atoms with Crippen molar-refractivity contribution < 1.29 is 23.9 Å². The van der Waals surface area contributed by atoms with Crippen LogP contribution in [0, 0.1) is 0 Å². The number of aliphatic imine (C=N–C) groups is 1. The Morgan fingerprint density at radius 1 is 1.30 bits per heavy atom. The molecule has 2 atom stereocenters. The van der Waals surface area contributed by atoms with Gasteiger partial charge in [0, 0.05) is 32.0 Å². The van der Waals surface area contributed by atoms with Crippen LogP contribution in [0.15, 0.2) is 48.1 Å². The monoisotopic (exact) mass is 511 g/mol. The van der Waals surface area contributed by atoms with Crippen molar-refractivity contribution in [3.63, 3.8) is 0 Å². The second-order valence-electron chi connectivity index (χ2n) is 9.97. The Kier molecular flexibility index (Phi) is 9.85. The van der Waals surface area contributed by atoms with Gasteiger partial charge in [-0.1, -0.05) is 24.8 Å². The molecule has 0 radical (unpaired) electrons. The van der Waals surface area contributed by atoms with E-state index in [-0.39, 0.29) is 43.5 Å². The van der Waals surface area contributed by atoms with E-state index in [2.05, 4.69) is 27.5 Å². The summed E-state index contributed by atoms with van der Waals surface area (Å²) in [6.45, 7) is 10.8. The number of hydrogen-bond acceptors (Lipinski definition) is 7. The predicted molar refractivity (Wildman–Crippen MR) is 142 cm³/mol. The number of hydrogen-bond donors (Lipinski definition) is 3. The number of nitrogens with zero attached hydrogens (tertiary/aromatic N) is 2. The molecule has 37 heavy (non-hydrogen) atoms. The number of carbonyl (C=O) groups excluding carboxylic acids is 3. The van der Waals surface area contributed by atoms with E-state index in [1.54, 1.807) is 44.2 Å². The number of rotatable bonds is 2. The van der Waals surface area contributed by atoms with Crippen molar-refractivity contribution >= 4 is 29.7 Å². The molecule has 0 saturated carbocycles. The summed E-state index contributed by atoms with van der Waals surface area (Å²) < 4.78 is 11.5. The summed E-state index contributed by atoms with van der Waals surface area (Å²) in [4.78, 5) is 43.4. The molecule has 10 nitrogen and oxygen atoms in total. The SMILES string of the molecule is C=C/C1=C\N=CCC(=O)NCCNCC(=O)N2C[C@H](NC(=O)OC(C)(C)C)C[C@H]2COc2cccc1c2. The van der Waals surface area contributed by atoms with Gasteiger partial charge in [-0.3, -0.25) is 14.6 Å². The minimum Gasteiger partial charge on any atom is -0.491 e. The predicted octanol–water partition coefficient (Wildman–Crippen LogP) is 2.27. The van der Waals surface area contributed by atoms with E-state index in [4.69, 9.17) is 9.47 Å². The summed E-state index contributed by atoms with van der Waals surface area (Å²) in [5.41, 5.74) is 1.03. The lowest BCUT2D eigenvalue weighted by Gasteiger charge is -2.25. The first-order valence-electron chi connectivity index (χ1n) is 12.5. The topological polar surface area (TPSA) is 121 Å². The lowest BCUT2D eigenvalue weighted by atomic mass is 10.1. The van der Waals surface area contributed by atoms with Crippen molar-refractivity contribution in [2.75, 3.05) is 32.8 Å². The van der Waals surface area contributed by atoms with Crippen LogP contribution in [0.2, 0.25) is 0 Å². The van der Waals surface area contributed by atoms with Gasteiger partial charge in [0.1, 0.15) is 18.0 Å². The van der Waals surface area contributed by atoms with Crippen molar-refractivity contribution in [3.8, 4) is 5.75 Å². The standard InChI is InChI=1S/C27H37N5O5/c1-5-19-15-28-10-9-24(33)30-12-11-29-16-25(34)32-17-21(31-26(35)37-27(2,3)4)14-22(32)18-36-23-8-6-7-20(19)13-23/h5-8,10,13,15,21-22,29H,1,9,11-12,14,16-18H2,2-4H3,(H,30,33)(H,31,35)/b19-15+,28-10?/t21-,22+/m1/s1. The molecule has 1 aromatic rings. The summed E-state index contributed by atoms with van der Waals surface area (Å²) in [5, 5.41) is 8.75. The van der Waals surface area contributed by atoms with Gasteiger partial charge < -0.3 is 30.3 Å². The van der Waals surface area contributed by atoms with Gasteiger partial charge in [-0.15, -0.1) is 0 Å². The van der Waals surface area contributed by atoms with Crippen LogP contribution in [-0.2, 0) is 14.3 Å². The first-order valence-corrected chi connectivity index (χ1v) is 12.5. The van der Waals surface area contributed by atoms with Crippen molar-refractivity contribution in [1.82, 2.24) is 20.9 Å². The molecule has 10 heteroatoms. The molecule has 3 N–H and O–H groups in total. The number of nitrogens with one attached hydrogen (secondary N) is 3. The Morgan fingerprint density at radius 3 is 2.86 bits per heavy atom. The van der Waals surface area contributed by atoms with Crippen molar-refractivity contribution in [3.05, 3.63) is 48.7 Å². The minimum absolute atomic E-state index is 0.106. The molecule has 1 fully saturated rings. The van der Waals surface area contributed by atoms with E-state index in [0.717, 1.165) is 11.1 Å². The zero-order chi connectivity index (χ0) is 26.8. The first-order chi connectivity index (χ1) is 17.6. The fourth-order valence-corrected chi connectivity index (χ4v) is 4.09. The second kappa shape index (κ2) is 13.0. The molecule has 2 aliphatic rings. The first kappa shape index (κ1) is 27.9. The molecular weight excluding hydrogens is 474 g/mol. The van der Waals surface area contributed by atoms with Crippen molar-refractivity contribution in [1.29, 1.82) is 0 Å².